The highest BCUT2D eigenvalue weighted by Crippen LogP contribution is 2.29. The van der Waals surface area contributed by atoms with Gasteiger partial charge in [0.15, 0.2) is 6.10 Å². The van der Waals surface area contributed by atoms with E-state index in [-0.39, 0.29) is 22.4 Å². The highest BCUT2D eigenvalue weighted by atomic mass is 79.9. The van der Waals surface area contributed by atoms with Gasteiger partial charge in [-0.25, -0.2) is 0 Å². The molecule has 0 aliphatic carbocycles. The van der Waals surface area contributed by atoms with Gasteiger partial charge in [-0.15, -0.1) is 0 Å². The van der Waals surface area contributed by atoms with Crippen LogP contribution in [0.4, 0.5) is 11.4 Å². The number of benzene rings is 2. The lowest BCUT2D eigenvalue weighted by atomic mass is 10.3. The summed E-state index contributed by atoms with van der Waals surface area (Å²) in [5.74, 6) is -0.155. The molecule has 1 N–H and O–H groups in total. The third kappa shape index (κ3) is 4.67. The number of rotatable bonds is 5. The molecule has 0 aromatic heterocycles. The summed E-state index contributed by atoms with van der Waals surface area (Å²) in [5, 5.41) is 13.4. The average molecular weight is 400 g/mol. The third-order valence-corrected chi connectivity index (χ3v) is 3.74. The summed E-state index contributed by atoms with van der Waals surface area (Å²) < 4.78 is 6.36. The minimum atomic E-state index is -0.822. The van der Waals surface area contributed by atoms with Crippen molar-refractivity contribution in [3.8, 4) is 5.75 Å². The van der Waals surface area contributed by atoms with E-state index in [0.717, 1.165) is 4.47 Å². The van der Waals surface area contributed by atoms with Gasteiger partial charge in [-0.2, -0.15) is 0 Å². The van der Waals surface area contributed by atoms with Gasteiger partial charge in [-0.05, 0) is 37.3 Å². The Hall–Kier alpha value is -2.12. The van der Waals surface area contributed by atoms with Crippen molar-refractivity contribution in [3.63, 3.8) is 0 Å². The van der Waals surface area contributed by atoms with Crippen LogP contribution in [0.3, 0.4) is 0 Å². The first-order valence-electron chi connectivity index (χ1n) is 6.54. The van der Waals surface area contributed by atoms with Crippen LogP contribution in [0.5, 0.6) is 5.75 Å². The van der Waals surface area contributed by atoms with E-state index in [1.54, 1.807) is 31.2 Å². The monoisotopic (exact) mass is 398 g/mol. The first kappa shape index (κ1) is 17.2. The fourth-order valence-electron chi connectivity index (χ4n) is 1.72. The summed E-state index contributed by atoms with van der Waals surface area (Å²) in [4.78, 5) is 22.2. The van der Waals surface area contributed by atoms with Crippen molar-refractivity contribution in [1.82, 2.24) is 0 Å². The van der Waals surface area contributed by atoms with Crippen molar-refractivity contribution >= 4 is 44.8 Å². The zero-order chi connectivity index (χ0) is 17.0. The van der Waals surface area contributed by atoms with Crippen molar-refractivity contribution < 1.29 is 14.5 Å². The molecule has 1 atom stereocenters. The molecule has 0 heterocycles. The number of non-ortho nitro benzene ring substituents is 1. The molecule has 0 spiro atoms. The molecule has 2 aromatic rings. The van der Waals surface area contributed by atoms with E-state index in [1.807, 2.05) is 0 Å². The molecular weight excluding hydrogens is 388 g/mol. The maximum Gasteiger partial charge on any atom is 0.271 e. The molecule has 0 aliphatic rings. The van der Waals surface area contributed by atoms with E-state index in [9.17, 15) is 14.9 Å². The smallest absolute Gasteiger partial charge is 0.271 e. The number of hydrogen-bond donors (Lipinski definition) is 1. The van der Waals surface area contributed by atoms with Gasteiger partial charge < -0.3 is 10.1 Å². The molecule has 6 nitrogen and oxygen atoms in total. The molecule has 0 unspecified atom stereocenters. The Kier molecular flexibility index (Phi) is 5.57. The molecule has 0 radical (unpaired) electrons. The summed E-state index contributed by atoms with van der Waals surface area (Å²) in [6, 6.07) is 10.9. The molecule has 0 bridgehead atoms. The maximum atomic E-state index is 12.1. The Morgan fingerprint density at radius 3 is 2.52 bits per heavy atom. The molecule has 1 amide bonds. The Labute approximate surface area is 145 Å². The summed E-state index contributed by atoms with van der Waals surface area (Å²) in [7, 11) is 0. The first-order valence-corrected chi connectivity index (χ1v) is 7.71. The van der Waals surface area contributed by atoms with E-state index >= 15 is 0 Å². The highest BCUT2D eigenvalue weighted by Gasteiger charge is 2.18. The Bertz CT molecular complexity index is 737. The van der Waals surface area contributed by atoms with Gasteiger partial charge >= 0.3 is 0 Å². The second-order valence-corrected chi connectivity index (χ2v) is 5.95. The predicted molar refractivity (Wildman–Crippen MR) is 91.0 cm³/mol. The number of nitrogens with zero attached hydrogens (tertiary/aromatic N) is 1. The molecule has 2 rings (SSSR count). The summed E-state index contributed by atoms with van der Waals surface area (Å²) in [5.41, 5.74) is 0.484. The predicted octanol–water partition coefficient (Wildman–Crippen LogP) is 4.42. The molecule has 0 saturated carbocycles. The van der Waals surface area contributed by atoms with Gasteiger partial charge in [0.2, 0.25) is 0 Å². The van der Waals surface area contributed by atoms with Crippen LogP contribution in [0.2, 0.25) is 5.02 Å². The molecule has 23 heavy (non-hydrogen) atoms. The van der Waals surface area contributed by atoms with Crippen LogP contribution in [-0.2, 0) is 4.79 Å². The van der Waals surface area contributed by atoms with Crippen molar-refractivity contribution in [2.75, 3.05) is 5.32 Å². The van der Waals surface area contributed by atoms with Crippen molar-refractivity contribution in [2.24, 2.45) is 0 Å². The number of carbonyl (C=O) groups is 1. The topological polar surface area (TPSA) is 81.5 Å². The number of nitro benzene ring substituents is 1. The number of halogens is 2. The lowest BCUT2D eigenvalue weighted by Crippen LogP contribution is -2.30. The Morgan fingerprint density at radius 1 is 1.30 bits per heavy atom. The van der Waals surface area contributed by atoms with Gasteiger partial charge in [0.05, 0.1) is 9.95 Å². The molecule has 0 aliphatic heterocycles. The maximum absolute atomic E-state index is 12.1. The number of carbonyl (C=O) groups excluding carboxylic acids is 1. The number of nitro groups is 1. The molecule has 0 saturated heterocycles. The number of anilines is 1. The highest BCUT2D eigenvalue weighted by molar-refractivity contribution is 9.10. The first-order chi connectivity index (χ1) is 10.9. The zero-order valence-corrected chi connectivity index (χ0v) is 14.3. The van der Waals surface area contributed by atoms with Crippen molar-refractivity contribution in [1.29, 1.82) is 0 Å². The van der Waals surface area contributed by atoms with Crippen LogP contribution >= 0.6 is 27.5 Å². The summed E-state index contributed by atoms with van der Waals surface area (Å²) in [6.45, 7) is 1.56. The molecular formula is C15H12BrClN2O4. The lowest BCUT2D eigenvalue weighted by Gasteiger charge is -2.15. The number of ether oxygens (including phenoxy) is 1. The van der Waals surface area contributed by atoms with Crippen LogP contribution in [0, 0.1) is 10.1 Å². The SMILES string of the molecule is C[C@H](Oc1ccc([N+](=O)[O-])cc1Cl)C(=O)Nc1ccc(Br)cc1. The van der Waals surface area contributed by atoms with Crippen LogP contribution < -0.4 is 10.1 Å². The molecule has 8 heteroatoms. The Balaban J connectivity index is 2.03. The third-order valence-electron chi connectivity index (χ3n) is 2.91. The minimum absolute atomic E-state index is 0.0718. The molecule has 2 aromatic carbocycles. The number of amides is 1. The van der Waals surface area contributed by atoms with Gasteiger partial charge in [0, 0.05) is 22.3 Å². The van der Waals surface area contributed by atoms with E-state index in [0.29, 0.717) is 5.69 Å². The quantitative estimate of drug-likeness (QED) is 0.596. The standard InChI is InChI=1S/C15H12BrClN2O4/c1-9(15(20)18-11-4-2-10(16)3-5-11)23-14-7-6-12(19(21)22)8-13(14)17/h2-9H,1H3,(H,18,20)/t9-/m0/s1. The number of hydrogen-bond acceptors (Lipinski definition) is 4. The lowest BCUT2D eigenvalue weighted by molar-refractivity contribution is -0.384. The van der Waals surface area contributed by atoms with E-state index in [1.165, 1.54) is 18.2 Å². The van der Waals surface area contributed by atoms with Crippen molar-refractivity contribution in [2.45, 2.75) is 13.0 Å². The van der Waals surface area contributed by atoms with Gasteiger partial charge in [0.1, 0.15) is 5.75 Å². The largest absolute Gasteiger partial charge is 0.479 e. The van der Waals surface area contributed by atoms with Gasteiger partial charge in [-0.1, -0.05) is 27.5 Å². The molecule has 0 fully saturated rings. The fourth-order valence-corrected chi connectivity index (χ4v) is 2.20. The van der Waals surface area contributed by atoms with Gasteiger partial charge in [-0.3, -0.25) is 14.9 Å². The average Bonchev–Trinajstić information content (AvgIpc) is 2.51. The summed E-state index contributed by atoms with van der Waals surface area (Å²) >= 11 is 9.24. The number of nitrogens with one attached hydrogen (secondary N) is 1. The normalized spacial score (nSPS) is 11.6. The fraction of sp³-hybridized carbons (Fsp3) is 0.133. The van der Waals surface area contributed by atoms with E-state index in [4.69, 9.17) is 16.3 Å². The van der Waals surface area contributed by atoms with E-state index < -0.39 is 11.0 Å². The zero-order valence-electron chi connectivity index (χ0n) is 12.0. The summed E-state index contributed by atoms with van der Waals surface area (Å²) in [6.07, 6.45) is -0.822. The second kappa shape index (κ2) is 7.43. The van der Waals surface area contributed by atoms with Gasteiger partial charge in [0.25, 0.3) is 11.6 Å². The Morgan fingerprint density at radius 2 is 1.96 bits per heavy atom. The van der Waals surface area contributed by atoms with Crippen molar-refractivity contribution in [3.05, 3.63) is 62.1 Å². The molecule has 120 valence electrons. The van der Waals surface area contributed by atoms with Crippen LogP contribution in [-0.4, -0.2) is 16.9 Å². The van der Waals surface area contributed by atoms with E-state index in [2.05, 4.69) is 21.2 Å². The van der Waals surface area contributed by atoms with Crippen LogP contribution in [0.1, 0.15) is 6.92 Å². The van der Waals surface area contributed by atoms with Crippen LogP contribution in [0.15, 0.2) is 46.9 Å². The second-order valence-electron chi connectivity index (χ2n) is 4.63. The van der Waals surface area contributed by atoms with Crippen LogP contribution in [0.25, 0.3) is 0 Å². The minimum Gasteiger partial charge on any atom is -0.479 e.